The quantitative estimate of drug-likeness (QED) is 0.665. The molecular weight excluding hydrogens is 310 g/mol. The van der Waals surface area contributed by atoms with Gasteiger partial charge < -0.3 is 15.2 Å². The Morgan fingerprint density at radius 2 is 2.12 bits per heavy atom. The molecule has 1 atom stereocenters. The first kappa shape index (κ1) is 16.2. The third-order valence-electron chi connectivity index (χ3n) is 4.32. The van der Waals surface area contributed by atoms with Crippen molar-refractivity contribution < 1.29 is 15.0 Å². The van der Waals surface area contributed by atoms with E-state index in [2.05, 4.69) is 10.1 Å². The molecule has 0 unspecified atom stereocenters. The summed E-state index contributed by atoms with van der Waals surface area (Å²) < 4.78 is 1.64. The minimum atomic E-state index is -1.02. The van der Waals surface area contributed by atoms with Crippen molar-refractivity contribution in [2.45, 2.75) is 32.7 Å². The van der Waals surface area contributed by atoms with Gasteiger partial charge >= 0.3 is 5.97 Å². The number of nitrogens with one attached hydrogen (secondary N) is 1. The fraction of sp³-hybridized carbons (Fsp3) is 0.353. The molecule has 0 bridgehead atoms. The summed E-state index contributed by atoms with van der Waals surface area (Å²) in [5.41, 5.74) is 1.59. The number of nitrogens with zero attached hydrogens (tertiary/aromatic N) is 2. The van der Waals surface area contributed by atoms with Crippen molar-refractivity contribution in [2.75, 3.05) is 6.61 Å². The zero-order valence-corrected chi connectivity index (χ0v) is 13.5. The van der Waals surface area contributed by atoms with Gasteiger partial charge in [-0.15, -0.1) is 0 Å². The Bertz CT molecular complexity index is 987. The monoisotopic (exact) mass is 329 g/mol. The lowest BCUT2D eigenvalue weighted by molar-refractivity contribution is 0.0696. The zero-order chi connectivity index (χ0) is 17.4. The second-order valence-electron chi connectivity index (χ2n) is 5.95. The second kappa shape index (κ2) is 6.09. The number of aliphatic hydroxyl groups is 1. The van der Waals surface area contributed by atoms with E-state index in [1.165, 1.54) is 6.20 Å². The van der Waals surface area contributed by atoms with Gasteiger partial charge in [0.05, 0.1) is 40.8 Å². The fourth-order valence-corrected chi connectivity index (χ4v) is 3.13. The number of aromatic carboxylic acids is 1. The highest BCUT2D eigenvalue weighted by Crippen LogP contribution is 2.27. The van der Waals surface area contributed by atoms with E-state index in [0.717, 1.165) is 6.42 Å². The van der Waals surface area contributed by atoms with Crippen LogP contribution in [0.4, 0.5) is 0 Å². The molecule has 2 heterocycles. The molecule has 0 aliphatic heterocycles. The van der Waals surface area contributed by atoms with Crippen LogP contribution >= 0.6 is 0 Å². The third kappa shape index (κ3) is 2.46. The van der Waals surface area contributed by atoms with Crippen LogP contribution in [0.15, 0.2) is 23.1 Å². The predicted octanol–water partition coefficient (Wildman–Crippen LogP) is 2.22. The number of carboxylic acid groups (broad SMARTS) is 1. The number of pyridine rings is 1. The number of rotatable bonds is 5. The summed E-state index contributed by atoms with van der Waals surface area (Å²) in [6.07, 6.45) is 3.03. The lowest BCUT2D eigenvalue weighted by Crippen LogP contribution is -2.16. The van der Waals surface area contributed by atoms with Gasteiger partial charge in [0.1, 0.15) is 0 Å². The highest BCUT2D eigenvalue weighted by Gasteiger charge is 2.19. The maximum absolute atomic E-state index is 12.3. The molecule has 0 aliphatic rings. The molecule has 3 rings (SSSR count). The molecule has 0 radical (unpaired) electrons. The van der Waals surface area contributed by atoms with Crippen LogP contribution in [0.5, 0.6) is 0 Å². The predicted molar refractivity (Wildman–Crippen MR) is 90.6 cm³/mol. The number of aryl methyl sites for hydroxylation is 1. The number of fused-ring (bicyclic) bond motifs is 3. The van der Waals surface area contributed by atoms with E-state index in [9.17, 15) is 19.8 Å². The van der Waals surface area contributed by atoms with Crippen LogP contribution in [0.2, 0.25) is 0 Å². The molecule has 0 aliphatic carbocycles. The Kier molecular flexibility index (Phi) is 4.11. The van der Waals surface area contributed by atoms with Crippen molar-refractivity contribution >= 4 is 27.8 Å². The van der Waals surface area contributed by atoms with Crippen LogP contribution in [0.25, 0.3) is 21.8 Å². The number of aromatic amines is 1. The SMILES string of the molecule is CCC[C@@H](CO)n1ncc2c(=O)[nH]c3cc(C)c(C(=O)O)cc3c21. The number of benzene rings is 1. The van der Waals surface area contributed by atoms with Gasteiger partial charge in [0.2, 0.25) is 0 Å². The molecule has 0 spiro atoms. The Balaban J connectivity index is 2.42. The largest absolute Gasteiger partial charge is 0.478 e. The van der Waals surface area contributed by atoms with Crippen LogP contribution in [-0.2, 0) is 0 Å². The van der Waals surface area contributed by atoms with Crippen molar-refractivity contribution in [3.05, 3.63) is 39.8 Å². The lowest BCUT2D eigenvalue weighted by Gasteiger charge is -2.16. The van der Waals surface area contributed by atoms with Gasteiger partial charge in [-0.3, -0.25) is 9.48 Å². The normalized spacial score (nSPS) is 12.8. The van der Waals surface area contributed by atoms with Crippen molar-refractivity contribution in [2.24, 2.45) is 0 Å². The number of hydrogen-bond acceptors (Lipinski definition) is 4. The van der Waals surface area contributed by atoms with Crippen molar-refractivity contribution in [1.82, 2.24) is 14.8 Å². The van der Waals surface area contributed by atoms with E-state index in [4.69, 9.17) is 0 Å². The van der Waals surface area contributed by atoms with E-state index in [1.54, 1.807) is 23.7 Å². The van der Waals surface area contributed by atoms with E-state index in [0.29, 0.717) is 33.8 Å². The average Bonchev–Trinajstić information content (AvgIpc) is 2.97. The van der Waals surface area contributed by atoms with Gasteiger partial charge in [0.25, 0.3) is 5.56 Å². The molecular formula is C17H19N3O4. The molecule has 0 fully saturated rings. The topological polar surface area (TPSA) is 108 Å². The van der Waals surface area contributed by atoms with Crippen molar-refractivity contribution in [3.63, 3.8) is 0 Å². The first-order chi connectivity index (χ1) is 11.5. The molecule has 126 valence electrons. The smallest absolute Gasteiger partial charge is 0.335 e. The van der Waals surface area contributed by atoms with E-state index >= 15 is 0 Å². The first-order valence-electron chi connectivity index (χ1n) is 7.86. The third-order valence-corrected chi connectivity index (χ3v) is 4.32. The number of carbonyl (C=O) groups is 1. The molecule has 0 saturated carbocycles. The van der Waals surface area contributed by atoms with Gasteiger partial charge in [-0.05, 0) is 31.0 Å². The Labute approximate surface area is 137 Å². The number of carboxylic acids is 1. The number of H-pyrrole nitrogens is 1. The molecule has 3 N–H and O–H groups in total. The van der Waals surface area contributed by atoms with Crippen LogP contribution in [0, 0.1) is 6.92 Å². The van der Waals surface area contributed by atoms with Crippen LogP contribution < -0.4 is 5.56 Å². The Hall–Kier alpha value is -2.67. The van der Waals surface area contributed by atoms with Gasteiger partial charge in [0.15, 0.2) is 0 Å². The average molecular weight is 329 g/mol. The molecule has 2 aromatic heterocycles. The maximum atomic E-state index is 12.3. The first-order valence-corrected chi connectivity index (χ1v) is 7.86. The fourth-order valence-electron chi connectivity index (χ4n) is 3.13. The summed E-state index contributed by atoms with van der Waals surface area (Å²) in [5, 5.41) is 24.3. The molecule has 3 aromatic rings. The van der Waals surface area contributed by atoms with Gasteiger partial charge in [0, 0.05) is 5.39 Å². The van der Waals surface area contributed by atoms with Gasteiger partial charge in [-0.2, -0.15) is 5.10 Å². The van der Waals surface area contributed by atoms with E-state index < -0.39 is 5.97 Å². The lowest BCUT2D eigenvalue weighted by atomic mass is 10.0. The highest BCUT2D eigenvalue weighted by atomic mass is 16.4. The number of hydrogen-bond donors (Lipinski definition) is 3. The zero-order valence-electron chi connectivity index (χ0n) is 13.5. The molecule has 7 heteroatoms. The number of aromatic nitrogens is 3. The molecule has 24 heavy (non-hydrogen) atoms. The van der Waals surface area contributed by atoms with Gasteiger partial charge in [-0.1, -0.05) is 13.3 Å². The maximum Gasteiger partial charge on any atom is 0.335 e. The van der Waals surface area contributed by atoms with Crippen LogP contribution in [-0.4, -0.2) is 37.6 Å². The molecule has 0 amide bonds. The minimum Gasteiger partial charge on any atom is -0.478 e. The minimum absolute atomic E-state index is 0.101. The summed E-state index contributed by atoms with van der Waals surface area (Å²) in [7, 11) is 0. The highest BCUT2D eigenvalue weighted by molar-refractivity contribution is 6.06. The Morgan fingerprint density at radius 1 is 1.38 bits per heavy atom. The van der Waals surface area contributed by atoms with Crippen molar-refractivity contribution in [3.8, 4) is 0 Å². The van der Waals surface area contributed by atoms with Crippen LogP contribution in [0.3, 0.4) is 0 Å². The summed E-state index contributed by atoms with van der Waals surface area (Å²) in [5.74, 6) is -1.02. The van der Waals surface area contributed by atoms with Crippen LogP contribution in [0.1, 0.15) is 41.7 Å². The second-order valence-corrected chi connectivity index (χ2v) is 5.95. The number of aliphatic hydroxyl groups excluding tert-OH is 1. The summed E-state index contributed by atoms with van der Waals surface area (Å²) >= 11 is 0. The summed E-state index contributed by atoms with van der Waals surface area (Å²) in [6, 6.07) is 2.96. The Morgan fingerprint density at radius 3 is 2.75 bits per heavy atom. The van der Waals surface area contributed by atoms with Gasteiger partial charge in [-0.25, -0.2) is 4.79 Å². The summed E-state index contributed by atoms with van der Waals surface area (Å²) in [6.45, 7) is 3.60. The van der Waals surface area contributed by atoms with E-state index in [1.807, 2.05) is 6.92 Å². The molecule has 0 saturated heterocycles. The molecule has 7 nitrogen and oxygen atoms in total. The summed E-state index contributed by atoms with van der Waals surface area (Å²) in [4.78, 5) is 26.5. The van der Waals surface area contributed by atoms with E-state index in [-0.39, 0.29) is 23.8 Å². The standard InChI is InChI=1S/C17H19N3O4/c1-3-4-10(8-21)20-15-12-6-11(17(23)24)9(2)5-14(12)19-16(22)13(15)7-18-20/h5-7,10,21H,3-4,8H2,1-2H3,(H,19,22)(H,23,24)/t10-/m0/s1. The van der Waals surface area contributed by atoms with Crippen molar-refractivity contribution in [1.29, 1.82) is 0 Å². The molecule has 1 aromatic carbocycles.